The molecule has 2 heterocycles. The summed E-state index contributed by atoms with van der Waals surface area (Å²) in [5.74, 6) is -0.645. The van der Waals surface area contributed by atoms with E-state index in [0.717, 1.165) is 20.5 Å². The molecule has 0 aliphatic carbocycles. The van der Waals surface area contributed by atoms with Gasteiger partial charge in [-0.15, -0.1) is 11.3 Å². The van der Waals surface area contributed by atoms with E-state index in [4.69, 9.17) is 0 Å². The zero-order valence-electron chi connectivity index (χ0n) is 10.6. The first-order chi connectivity index (χ1) is 8.86. The Morgan fingerprint density at radius 1 is 1.53 bits per heavy atom. The van der Waals surface area contributed by atoms with E-state index < -0.39 is 28.1 Å². The summed E-state index contributed by atoms with van der Waals surface area (Å²) in [7, 11) is -2.56. The second-order valence-electron chi connectivity index (χ2n) is 4.37. The number of methoxy groups -OCH3 is 1. The molecule has 2 atom stereocenters. The van der Waals surface area contributed by atoms with Crippen molar-refractivity contribution in [3.63, 3.8) is 0 Å². The Morgan fingerprint density at radius 3 is 2.74 bits per heavy atom. The van der Waals surface area contributed by atoms with Gasteiger partial charge in [-0.2, -0.15) is 4.31 Å². The topological polar surface area (TPSA) is 83.9 Å². The predicted octanol–water partition coefficient (Wildman–Crippen LogP) is 0.353. The Balaban J connectivity index is 2.36. The number of rotatable bonds is 3. The molecule has 0 bridgehead atoms. The number of nitrogens with zero attached hydrogens (tertiary/aromatic N) is 1. The Bertz CT molecular complexity index is 580. The normalized spacial score (nSPS) is 24.6. The van der Waals surface area contributed by atoms with Crippen molar-refractivity contribution < 1.29 is 23.1 Å². The van der Waals surface area contributed by atoms with E-state index in [1.54, 1.807) is 13.0 Å². The second-order valence-corrected chi connectivity index (χ2v) is 7.77. The van der Waals surface area contributed by atoms with Crippen molar-refractivity contribution in [2.75, 3.05) is 13.7 Å². The van der Waals surface area contributed by atoms with Crippen molar-refractivity contribution in [1.29, 1.82) is 0 Å². The van der Waals surface area contributed by atoms with Crippen LogP contribution in [0.5, 0.6) is 0 Å². The van der Waals surface area contributed by atoms with Gasteiger partial charge in [-0.1, -0.05) is 0 Å². The van der Waals surface area contributed by atoms with E-state index in [9.17, 15) is 18.3 Å². The first-order valence-electron chi connectivity index (χ1n) is 5.70. The van der Waals surface area contributed by atoms with E-state index in [1.807, 2.05) is 0 Å². The van der Waals surface area contributed by atoms with Gasteiger partial charge in [0.25, 0.3) is 10.0 Å². The maximum absolute atomic E-state index is 12.4. The fourth-order valence-corrected chi connectivity index (χ4v) is 5.11. The van der Waals surface area contributed by atoms with Gasteiger partial charge in [-0.25, -0.2) is 8.42 Å². The van der Waals surface area contributed by atoms with Crippen molar-refractivity contribution in [1.82, 2.24) is 4.31 Å². The third-order valence-electron chi connectivity index (χ3n) is 2.99. The highest BCUT2D eigenvalue weighted by molar-refractivity contribution is 7.91. The number of β-amino-alcohol motifs (C(OH)–C–C–N with tert-alkyl or cyclic N) is 1. The van der Waals surface area contributed by atoms with Gasteiger partial charge < -0.3 is 9.84 Å². The summed E-state index contributed by atoms with van der Waals surface area (Å²) in [5.41, 5.74) is 0. The van der Waals surface area contributed by atoms with E-state index in [0.29, 0.717) is 0 Å². The Labute approximate surface area is 115 Å². The van der Waals surface area contributed by atoms with Crippen LogP contribution in [0, 0.1) is 6.92 Å². The number of aryl methyl sites for hydroxylation is 1. The molecule has 1 fully saturated rings. The summed E-state index contributed by atoms with van der Waals surface area (Å²) in [5, 5.41) is 9.62. The first kappa shape index (κ1) is 14.4. The number of carbonyl (C=O) groups is 1. The smallest absolute Gasteiger partial charge is 0.324 e. The molecular formula is C11H15NO5S2. The Morgan fingerprint density at radius 2 is 2.21 bits per heavy atom. The van der Waals surface area contributed by atoms with Crippen LogP contribution in [0.15, 0.2) is 16.3 Å². The lowest BCUT2D eigenvalue weighted by Crippen LogP contribution is -2.40. The molecule has 1 aromatic rings. The molecule has 1 N–H and O–H groups in total. The van der Waals surface area contributed by atoms with Crippen LogP contribution in [-0.4, -0.2) is 49.6 Å². The van der Waals surface area contributed by atoms with Crippen LogP contribution in [0.25, 0.3) is 0 Å². The van der Waals surface area contributed by atoms with E-state index in [-0.39, 0.29) is 17.2 Å². The van der Waals surface area contributed by atoms with Crippen LogP contribution < -0.4 is 0 Å². The van der Waals surface area contributed by atoms with Crippen molar-refractivity contribution in [2.24, 2.45) is 0 Å². The predicted molar refractivity (Wildman–Crippen MR) is 69.4 cm³/mol. The quantitative estimate of drug-likeness (QED) is 0.815. The third-order valence-corrected chi connectivity index (χ3v) is 6.33. The van der Waals surface area contributed by atoms with Gasteiger partial charge in [-0.3, -0.25) is 4.79 Å². The molecule has 0 aromatic carbocycles. The number of sulfonamides is 1. The minimum atomic E-state index is -3.76. The van der Waals surface area contributed by atoms with Gasteiger partial charge in [0.15, 0.2) is 0 Å². The highest BCUT2D eigenvalue weighted by Gasteiger charge is 2.44. The molecule has 1 saturated heterocycles. The van der Waals surface area contributed by atoms with Crippen LogP contribution in [-0.2, 0) is 19.6 Å². The lowest BCUT2D eigenvalue weighted by atomic mass is 10.2. The average Bonchev–Trinajstić information content (AvgIpc) is 2.95. The van der Waals surface area contributed by atoms with Gasteiger partial charge in [0.1, 0.15) is 10.3 Å². The molecule has 0 saturated carbocycles. The summed E-state index contributed by atoms with van der Waals surface area (Å²) >= 11 is 1.14. The van der Waals surface area contributed by atoms with Gasteiger partial charge >= 0.3 is 5.97 Å². The lowest BCUT2D eigenvalue weighted by molar-refractivity contribution is -0.144. The molecule has 2 unspecified atom stereocenters. The molecule has 6 nitrogen and oxygen atoms in total. The SMILES string of the molecule is COC(=O)C1CC(O)CN1S(=O)(=O)c1ccc(C)s1. The fraction of sp³-hybridized carbons (Fsp3) is 0.545. The van der Waals surface area contributed by atoms with Crippen LogP contribution in [0.4, 0.5) is 0 Å². The molecule has 8 heteroatoms. The van der Waals surface area contributed by atoms with Crippen molar-refractivity contribution >= 4 is 27.3 Å². The molecule has 106 valence electrons. The first-order valence-corrected chi connectivity index (χ1v) is 7.96. The number of carbonyl (C=O) groups excluding carboxylic acids is 1. The van der Waals surface area contributed by atoms with Gasteiger partial charge in [0, 0.05) is 17.8 Å². The fourth-order valence-electron chi connectivity index (χ4n) is 2.07. The minimum Gasteiger partial charge on any atom is -0.468 e. The zero-order valence-corrected chi connectivity index (χ0v) is 12.2. The van der Waals surface area contributed by atoms with Crippen LogP contribution in [0.1, 0.15) is 11.3 Å². The molecule has 1 aliphatic heterocycles. The zero-order chi connectivity index (χ0) is 14.2. The number of hydrogen-bond donors (Lipinski definition) is 1. The third kappa shape index (κ3) is 2.66. The molecule has 0 amide bonds. The molecular weight excluding hydrogens is 290 g/mol. The summed E-state index contributed by atoms with van der Waals surface area (Å²) in [4.78, 5) is 12.5. The Hall–Kier alpha value is -0.960. The van der Waals surface area contributed by atoms with Gasteiger partial charge in [0.05, 0.1) is 13.2 Å². The van der Waals surface area contributed by atoms with Crippen molar-refractivity contribution in [3.05, 3.63) is 17.0 Å². The number of hydrogen-bond acceptors (Lipinski definition) is 6. The van der Waals surface area contributed by atoms with Gasteiger partial charge in [-0.05, 0) is 19.1 Å². The van der Waals surface area contributed by atoms with E-state index in [1.165, 1.54) is 13.2 Å². The van der Waals surface area contributed by atoms with Gasteiger partial charge in [0.2, 0.25) is 0 Å². The number of esters is 1. The highest BCUT2D eigenvalue weighted by Crippen LogP contribution is 2.30. The van der Waals surface area contributed by atoms with Crippen LogP contribution in [0.3, 0.4) is 0 Å². The highest BCUT2D eigenvalue weighted by atomic mass is 32.2. The van der Waals surface area contributed by atoms with Crippen LogP contribution >= 0.6 is 11.3 Å². The van der Waals surface area contributed by atoms with E-state index >= 15 is 0 Å². The number of aliphatic hydroxyl groups excluding tert-OH is 1. The maximum atomic E-state index is 12.4. The Kier molecular flexibility index (Phi) is 3.95. The number of ether oxygens (including phenoxy) is 1. The summed E-state index contributed by atoms with van der Waals surface area (Å²) in [6.07, 6.45) is -0.782. The number of thiophene rings is 1. The summed E-state index contributed by atoms with van der Waals surface area (Å²) in [6.45, 7) is 1.72. The maximum Gasteiger partial charge on any atom is 0.324 e. The van der Waals surface area contributed by atoms with Crippen molar-refractivity contribution in [2.45, 2.75) is 29.7 Å². The molecule has 1 aromatic heterocycles. The van der Waals surface area contributed by atoms with E-state index in [2.05, 4.69) is 4.74 Å². The minimum absolute atomic E-state index is 0.0657. The lowest BCUT2D eigenvalue weighted by Gasteiger charge is -2.20. The second kappa shape index (κ2) is 5.20. The summed E-state index contributed by atoms with van der Waals surface area (Å²) < 4.78 is 30.7. The van der Waals surface area contributed by atoms with Crippen LogP contribution in [0.2, 0.25) is 0 Å². The monoisotopic (exact) mass is 305 g/mol. The summed E-state index contributed by atoms with van der Waals surface area (Å²) in [6, 6.07) is 2.26. The van der Waals surface area contributed by atoms with Crippen molar-refractivity contribution in [3.8, 4) is 0 Å². The molecule has 19 heavy (non-hydrogen) atoms. The largest absolute Gasteiger partial charge is 0.468 e. The molecule has 1 aliphatic rings. The average molecular weight is 305 g/mol. The molecule has 0 spiro atoms. The number of aliphatic hydroxyl groups is 1. The molecule has 2 rings (SSSR count). The standard InChI is InChI=1S/C11H15NO5S2/c1-7-3-4-10(18-7)19(15,16)12-6-8(13)5-9(12)11(14)17-2/h3-4,8-9,13H,5-6H2,1-2H3. The molecule has 0 radical (unpaired) electrons.